The third-order valence-corrected chi connectivity index (χ3v) is 2.19. The Morgan fingerprint density at radius 3 is 2.67 bits per heavy atom. The van der Waals surface area contributed by atoms with Gasteiger partial charge in [-0.25, -0.2) is 0 Å². The molecule has 0 atom stereocenters. The van der Waals surface area contributed by atoms with Gasteiger partial charge in [-0.15, -0.1) is 0 Å². The van der Waals surface area contributed by atoms with Gasteiger partial charge in [0.15, 0.2) is 18.1 Å². The van der Waals surface area contributed by atoms with E-state index >= 15 is 0 Å². The number of benzene rings is 1. The fourth-order valence-corrected chi connectivity index (χ4v) is 1.41. The van der Waals surface area contributed by atoms with Gasteiger partial charge in [0.25, 0.3) is 11.8 Å². The van der Waals surface area contributed by atoms with Crippen molar-refractivity contribution < 1.29 is 19.1 Å². The molecule has 0 fully saturated rings. The number of likely N-dealkylation sites (N-methyl/N-ethyl adjacent to an activating group) is 1. The van der Waals surface area contributed by atoms with Gasteiger partial charge >= 0.3 is 0 Å². The van der Waals surface area contributed by atoms with Crippen LogP contribution in [0.5, 0.6) is 11.5 Å². The van der Waals surface area contributed by atoms with Crippen molar-refractivity contribution in [3.05, 3.63) is 23.8 Å². The smallest absolute Gasteiger partial charge is 0.257 e. The van der Waals surface area contributed by atoms with Crippen molar-refractivity contribution in [1.82, 2.24) is 5.32 Å². The highest BCUT2D eigenvalue weighted by atomic mass is 16.5. The highest BCUT2D eigenvalue weighted by Crippen LogP contribution is 2.30. The molecule has 0 saturated carbocycles. The Labute approximate surface area is 105 Å². The van der Waals surface area contributed by atoms with Crippen LogP contribution in [0.1, 0.15) is 17.3 Å². The third-order valence-electron chi connectivity index (χ3n) is 2.19. The topological polar surface area (TPSA) is 90.7 Å². The molecule has 0 spiro atoms. The summed E-state index contributed by atoms with van der Waals surface area (Å²) in [6.45, 7) is 2.11. The maximum Gasteiger partial charge on any atom is 0.257 e. The second kappa shape index (κ2) is 6.48. The summed E-state index contributed by atoms with van der Waals surface area (Å²) in [5, 5.41) is 2.58. The molecule has 0 bridgehead atoms. The predicted molar refractivity (Wildman–Crippen MR) is 65.7 cm³/mol. The molecular formula is C12H16N2O4. The van der Waals surface area contributed by atoms with Crippen LogP contribution in [0.2, 0.25) is 0 Å². The van der Waals surface area contributed by atoms with Crippen molar-refractivity contribution in [1.29, 1.82) is 0 Å². The summed E-state index contributed by atoms with van der Waals surface area (Å²) in [5.41, 5.74) is 5.41. The van der Waals surface area contributed by atoms with Crippen molar-refractivity contribution >= 4 is 11.8 Å². The minimum absolute atomic E-state index is 0.179. The van der Waals surface area contributed by atoms with Gasteiger partial charge in [0.1, 0.15) is 0 Å². The number of para-hydroxylation sites is 1. The first-order valence-electron chi connectivity index (χ1n) is 5.46. The molecule has 0 aliphatic heterocycles. The molecule has 2 amide bonds. The Hall–Kier alpha value is -2.24. The highest BCUT2D eigenvalue weighted by Gasteiger charge is 2.15. The Bertz CT molecular complexity index is 446. The van der Waals surface area contributed by atoms with Crippen molar-refractivity contribution in [3.8, 4) is 11.5 Å². The number of hydrogen-bond acceptors (Lipinski definition) is 4. The molecule has 0 heterocycles. The van der Waals surface area contributed by atoms with Crippen molar-refractivity contribution in [2.75, 3.05) is 20.3 Å². The van der Waals surface area contributed by atoms with Gasteiger partial charge in [-0.2, -0.15) is 0 Å². The van der Waals surface area contributed by atoms with E-state index in [4.69, 9.17) is 15.2 Å². The normalized spacial score (nSPS) is 9.67. The lowest BCUT2D eigenvalue weighted by Gasteiger charge is -2.13. The Kier molecular flexibility index (Phi) is 4.98. The number of ether oxygens (including phenoxy) is 2. The number of rotatable bonds is 6. The van der Waals surface area contributed by atoms with E-state index in [2.05, 4.69) is 5.32 Å². The monoisotopic (exact) mass is 252 g/mol. The van der Waals surface area contributed by atoms with Gasteiger partial charge in [-0.1, -0.05) is 6.07 Å². The zero-order chi connectivity index (χ0) is 13.5. The molecular weight excluding hydrogens is 236 g/mol. The molecule has 6 heteroatoms. The molecule has 6 nitrogen and oxygen atoms in total. The summed E-state index contributed by atoms with van der Waals surface area (Å²) in [6, 6.07) is 4.76. The van der Waals surface area contributed by atoms with E-state index in [1.807, 2.05) is 0 Å². The van der Waals surface area contributed by atoms with Crippen LogP contribution in [0.4, 0.5) is 0 Å². The van der Waals surface area contributed by atoms with Gasteiger partial charge in [0, 0.05) is 6.54 Å². The lowest BCUT2D eigenvalue weighted by atomic mass is 10.2. The second-order valence-corrected chi connectivity index (χ2v) is 3.44. The average Bonchev–Trinajstić information content (AvgIpc) is 2.36. The van der Waals surface area contributed by atoms with Crippen LogP contribution in [-0.4, -0.2) is 32.1 Å². The second-order valence-electron chi connectivity index (χ2n) is 3.44. The number of nitrogens with one attached hydrogen (secondary N) is 1. The summed E-state index contributed by atoms with van der Waals surface area (Å²) in [6.07, 6.45) is 0. The molecule has 0 radical (unpaired) electrons. The summed E-state index contributed by atoms with van der Waals surface area (Å²) >= 11 is 0. The number of carbonyl (C=O) groups is 2. The number of hydrogen-bond donors (Lipinski definition) is 2. The highest BCUT2D eigenvalue weighted by molar-refractivity contribution is 5.96. The number of nitrogens with two attached hydrogens (primary N) is 1. The van der Waals surface area contributed by atoms with Crippen LogP contribution >= 0.6 is 0 Å². The van der Waals surface area contributed by atoms with E-state index in [0.29, 0.717) is 12.3 Å². The summed E-state index contributed by atoms with van der Waals surface area (Å²) in [7, 11) is 1.44. The first kappa shape index (κ1) is 13.8. The van der Waals surface area contributed by atoms with Gasteiger partial charge in [0.05, 0.1) is 12.7 Å². The average molecular weight is 252 g/mol. The van der Waals surface area contributed by atoms with E-state index < -0.39 is 5.91 Å². The fraction of sp³-hybridized carbons (Fsp3) is 0.333. The molecule has 0 aromatic heterocycles. The fourth-order valence-electron chi connectivity index (χ4n) is 1.41. The number of amides is 2. The molecule has 1 aromatic rings. The van der Waals surface area contributed by atoms with Crippen molar-refractivity contribution in [2.45, 2.75) is 6.92 Å². The van der Waals surface area contributed by atoms with Crippen LogP contribution in [0.25, 0.3) is 0 Å². The number of methoxy groups -OCH3 is 1. The molecule has 3 N–H and O–H groups in total. The van der Waals surface area contributed by atoms with E-state index in [1.165, 1.54) is 13.2 Å². The molecule has 1 rings (SSSR count). The van der Waals surface area contributed by atoms with Gasteiger partial charge in [0.2, 0.25) is 0 Å². The standard InChI is InChI=1S/C12H16N2O4/c1-3-14-10(15)7-18-11-8(12(13)16)5-4-6-9(11)17-2/h4-6H,3,7H2,1-2H3,(H2,13,16)(H,14,15). The number of carbonyl (C=O) groups excluding carboxylic acids is 2. The minimum Gasteiger partial charge on any atom is -0.493 e. The SMILES string of the molecule is CCNC(=O)COc1c(OC)cccc1C(N)=O. The molecule has 18 heavy (non-hydrogen) atoms. The van der Waals surface area contributed by atoms with Crippen LogP contribution < -0.4 is 20.5 Å². The maximum absolute atomic E-state index is 11.3. The summed E-state index contributed by atoms with van der Waals surface area (Å²) < 4.78 is 10.4. The van der Waals surface area contributed by atoms with Crippen molar-refractivity contribution in [2.24, 2.45) is 5.73 Å². The molecule has 98 valence electrons. The van der Waals surface area contributed by atoms with Crippen LogP contribution in [-0.2, 0) is 4.79 Å². The van der Waals surface area contributed by atoms with Crippen LogP contribution in [0, 0.1) is 0 Å². The molecule has 1 aromatic carbocycles. The van der Waals surface area contributed by atoms with E-state index in [9.17, 15) is 9.59 Å². The number of primary amides is 1. The first-order valence-corrected chi connectivity index (χ1v) is 5.46. The van der Waals surface area contributed by atoms with Crippen LogP contribution in [0.3, 0.4) is 0 Å². The summed E-state index contributed by atoms with van der Waals surface area (Å²) in [4.78, 5) is 22.6. The third kappa shape index (κ3) is 3.38. The first-order chi connectivity index (χ1) is 8.60. The van der Waals surface area contributed by atoms with Crippen molar-refractivity contribution in [3.63, 3.8) is 0 Å². The minimum atomic E-state index is -0.639. The van der Waals surface area contributed by atoms with E-state index in [0.717, 1.165) is 0 Å². The lowest BCUT2D eigenvalue weighted by Crippen LogP contribution is -2.29. The lowest BCUT2D eigenvalue weighted by molar-refractivity contribution is -0.123. The molecule has 0 aliphatic rings. The van der Waals surface area contributed by atoms with E-state index in [-0.39, 0.29) is 23.8 Å². The Balaban J connectivity index is 2.91. The van der Waals surface area contributed by atoms with Gasteiger partial charge < -0.3 is 20.5 Å². The maximum atomic E-state index is 11.3. The molecule has 0 saturated heterocycles. The van der Waals surface area contributed by atoms with Gasteiger partial charge in [-0.05, 0) is 19.1 Å². The zero-order valence-corrected chi connectivity index (χ0v) is 10.4. The predicted octanol–water partition coefficient (Wildman–Crippen LogP) is 0.309. The van der Waals surface area contributed by atoms with Gasteiger partial charge in [-0.3, -0.25) is 9.59 Å². The molecule has 0 unspecified atom stereocenters. The van der Waals surface area contributed by atoms with Crippen LogP contribution in [0.15, 0.2) is 18.2 Å². The summed E-state index contributed by atoms with van der Waals surface area (Å²) in [5.74, 6) is -0.382. The Morgan fingerprint density at radius 2 is 2.11 bits per heavy atom. The molecule has 0 aliphatic carbocycles. The Morgan fingerprint density at radius 1 is 1.39 bits per heavy atom. The zero-order valence-electron chi connectivity index (χ0n) is 10.4. The largest absolute Gasteiger partial charge is 0.493 e. The van der Waals surface area contributed by atoms with E-state index in [1.54, 1.807) is 19.1 Å². The quantitative estimate of drug-likeness (QED) is 0.762.